The number of hydrogen-bond donors (Lipinski definition) is 0. The van der Waals surface area contributed by atoms with Crippen LogP contribution >= 0.6 is 0 Å². The van der Waals surface area contributed by atoms with Gasteiger partial charge in [0.15, 0.2) is 0 Å². The predicted octanol–water partition coefficient (Wildman–Crippen LogP) is 2.47. The van der Waals surface area contributed by atoms with E-state index in [4.69, 9.17) is 0 Å². The molecular formula is C10H16N2. The Hall–Kier alpha value is -1.05. The largest absolute Gasteiger partial charge is 0.335 e. The van der Waals surface area contributed by atoms with Crippen molar-refractivity contribution >= 4 is 0 Å². The van der Waals surface area contributed by atoms with Gasteiger partial charge in [0, 0.05) is 12.2 Å². The molecule has 0 aliphatic carbocycles. The molecule has 0 unspecified atom stereocenters. The summed E-state index contributed by atoms with van der Waals surface area (Å²) in [7, 11) is 0. The zero-order valence-electron chi connectivity index (χ0n) is 7.88. The van der Waals surface area contributed by atoms with Gasteiger partial charge in [0.1, 0.15) is 0 Å². The van der Waals surface area contributed by atoms with Crippen LogP contribution in [0.1, 0.15) is 24.2 Å². The monoisotopic (exact) mass is 164 g/mol. The lowest BCUT2D eigenvalue weighted by atomic mass is 10.3. The Labute approximate surface area is 73.9 Å². The molecule has 0 atom stereocenters. The molecule has 0 aromatic carbocycles. The first-order valence-corrected chi connectivity index (χ1v) is 4.35. The third-order valence-electron chi connectivity index (χ3n) is 2.15. The van der Waals surface area contributed by atoms with Crippen LogP contribution in [-0.2, 0) is 6.54 Å². The van der Waals surface area contributed by atoms with Crippen molar-refractivity contribution in [3.05, 3.63) is 30.4 Å². The van der Waals surface area contributed by atoms with E-state index in [-0.39, 0.29) is 0 Å². The molecule has 2 nitrogen and oxygen atoms in total. The van der Waals surface area contributed by atoms with E-state index in [1.807, 2.05) is 19.3 Å². The van der Waals surface area contributed by atoms with Crippen LogP contribution in [0.5, 0.6) is 0 Å². The number of aromatic nitrogens is 2. The van der Waals surface area contributed by atoms with Gasteiger partial charge in [0.25, 0.3) is 0 Å². The van der Waals surface area contributed by atoms with Gasteiger partial charge in [0.05, 0.1) is 12.0 Å². The highest BCUT2D eigenvalue weighted by Crippen LogP contribution is 2.05. The number of rotatable bonds is 4. The molecule has 1 aromatic rings. The van der Waals surface area contributed by atoms with Crippen molar-refractivity contribution in [1.82, 2.24) is 9.55 Å². The van der Waals surface area contributed by atoms with Crippen LogP contribution in [-0.4, -0.2) is 9.55 Å². The fraction of sp³-hybridized carbons (Fsp3) is 0.500. The molecule has 0 radical (unpaired) electrons. The Morgan fingerprint density at radius 2 is 2.33 bits per heavy atom. The third-order valence-corrected chi connectivity index (χ3v) is 2.15. The van der Waals surface area contributed by atoms with Gasteiger partial charge < -0.3 is 4.57 Å². The van der Waals surface area contributed by atoms with Gasteiger partial charge in [-0.25, -0.2) is 4.98 Å². The van der Waals surface area contributed by atoms with Gasteiger partial charge in [-0.05, 0) is 26.7 Å². The van der Waals surface area contributed by atoms with Crippen LogP contribution in [0.2, 0.25) is 0 Å². The average molecular weight is 164 g/mol. The Balaban J connectivity index is 2.51. The number of imidazole rings is 1. The van der Waals surface area contributed by atoms with E-state index in [9.17, 15) is 0 Å². The molecule has 0 aliphatic heterocycles. The van der Waals surface area contributed by atoms with Crippen LogP contribution in [0.3, 0.4) is 0 Å². The van der Waals surface area contributed by atoms with E-state index >= 15 is 0 Å². The zero-order chi connectivity index (χ0) is 8.97. The number of unbranched alkanes of at least 4 members (excludes halogenated alkanes) is 1. The van der Waals surface area contributed by atoms with Crippen LogP contribution < -0.4 is 0 Å². The number of hydrogen-bond acceptors (Lipinski definition) is 1. The second-order valence-corrected chi connectivity index (χ2v) is 3.04. The lowest BCUT2D eigenvalue weighted by Gasteiger charge is -2.02. The number of allylic oxidation sites excluding steroid dienone is 1. The number of nitrogens with zero attached hydrogens (tertiary/aromatic N) is 2. The second-order valence-electron chi connectivity index (χ2n) is 3.04. The smallest absolute Gasteiger partial charge is 0.0951 e. The Morgan fingerprint density at radius 3 is 2.83 bits per heavy atom. The van der Waals surface area contributed by atoms with Gasteiger partial charge in [-0.15, -0.1) is 6.58 Å². The van der Waals surface area contributed by atoms with E-state index in [2.05, 4.69) is 23.1 Å². The van der Waals surface area contributed by atoms with Crippen LogP contribution in [0, 0.1) is 13.8 Å². The molecule has 12 heavy (non-hydrogen) atoms. The summed E-state index contributed by atoms with van der Waals surface area (Å²) in [5, 5.41) is 0. The van der Waals surface area contributed by atoms with E-state index in [1.165, 1.54) is 5.69 Å². The molecule has 1 heterocycles. The molecule has 2 heteroatoms. The van der Waals surface area contributed by atoms with Gasteiger partial charge in [0.2, 0.25) is 0 Å². The molecule has 0 aliphatic rings. The first kappa shape index (κ1) is 9.04. The normalized spacial score (nSPS) is 10.2. The highest BCUT2D eigenvalue weighted by molar-refractivity contribution is 5.08. The van der Waals surface area contributed by atoms with Gasteiger partial charge in [-0.1, -0.05) is 6.08 Å². The lowest BCUT2D eigenvalue weighted by Crippen LogP contribution is -1.98. The summed E-state index contributed by atoms with van der Waals surface area (Å²) in [5.74, 6) is 0. The molecule has 0 N–H and O–H groups in total. The van der Waals surface area contributed by atoms with E-state index < -0.39 is 0 Å². The van der Waals surface area contributed by atoms with Crippen molar-refractivity contribution in [2.24, 2.45) is 0 Å². The second kappa shape index (κ2) is 4.10. The van der Waals surface area contributed by atoms with Gasteiger partial charge in [-0.3, -0.25) is 0 Å². The van der Waals surface area contributed by atoms with Crippen molar-refractivity contribution in [1.29, 1.82) is 0 Å². The maximum absolute atomic E-state index is 4.23. The van der Waals surface area contributed by atoms with Crippen molar-refractivity contribution < 1.29 is 0 Å². The Kier molecular flexibility index (Phi) is 3.09. The van der Waals surface area contributed by atoms with E-state index in [1.54, 1.807) is 0 Å². The molecule has 0 amide bonds. The highest BCUT2D eigenvalue weighted by Gasteiger charge is 1.99. The molecule has 0 bridgehead atoms. The van der Waals surface area contributed by atoms with Crippen LogP contribution in [0.4, 0.5) is 0 Å². The summed E-state index contributed by atoms with van der Waals surface area (Å²) in [6.45, 7) is 8.90. The third kappa shape index (κ3) is 1.97. The topological polar surface area (TPSA) is 17.8 Å². The van der Waals surface area contributed by atoms with Crippen LogP contribution in [0.15, 0.2) is 19.0 Å². The zero-order valence-corrected chi connectivity index (χ0v) is 7.88. The Bertz CT molecular complexity index is 261. The van der Waals surface area contributed by atoms with Gasteiger partial charge >= 0.3 is 0 Å². The average Bonchev–Trinajstić information content (AvgIpc) is 2.36. The van der Waals surface area contributed by atoms with Crippen LogP contribution in [0.25, 0.3) is 0 Å². The summed E-state index contributed by atoms with van der Waals surface area (Å²) in [6, 6.07) is 0. The molecule has 1 rings (SSSR count). The summed E-state index contributed by atoms with van der Waals surface area (Å²) in [4.78, 5) is 4.23. The predicted molar refractivity (Wildman–Crippen MR) is 51.1 cm³/mol. The molecular weight excluding hydrogens is 148 g/mol. The maximum atomic E-state index is 4.23. The lowest BCUT2D eigenvalue weighted by molar-refractivity contribution is 0.635. The van der Waals surface area contributed by atoms with E-state index in [0.717, 1.165) is 25.1 Å². The first-order chi connectivity index (χ1) is 5.75. The van der Waals surface area contributed by atoms with E-state index in [0.29, 0.717) is 0 Å². The Morgan fingerprint density at radius 1 is 1.58 bits per heavy atom. The minimum Gasteiger partial charge on any atom is -0.335 e. The van der Waals surface area contributed by atoms with Crippen molar-refractivity contribution in [2.45, 2.75) is 33.2 Å². The molecule has 0 fully saturated rings. The summed E-state index contributed by atoms with van der Waals surface area (Å²) < 4.78 is 2.19. The summed E-state index contributed by atoms with van der Waals surface area (Å²) >= 11 is 0. The molecule has 66 valence electrons. The standard InChI is InChI=1S/C10H16N2/c1-4-5-6-7-12-8-11-9(2)10(12)3/h4,8H,1,5-7H2,2-3H3. The molecule has 0 spiro atoms. The highest BCUT2D eigenvalue weighted by atomic mass is 15.0. The summed E-state index contributed by atoms with van der Waals surface area (Å²) in [6.07, 6.45) is 6.10. The van der Waals surface area contributed by atoms with Gasteiger partial charge in [-0.2, -0.15) is 0 Å². The molecule has 1 aromatic heterocycles. The molecule has 0 saturated carbocycles. The molecule has 0 saturated heterocycles. The minimum absolute atomic E-state index is 1.05. The van der Waals surface area contributed by atoms with Crippen molar-refractivity contribution in [3.8, 4) is 0 Å². The number of aryl methyl sites for hydroxylation is 2. The quantitative estimate of drug-likeness (QED) is 0.493. The fourth-order valence-corrected chi connectivity index (χ4v) is 1.18. The van der Waals surface area contributed by atoms with Crippen molar-refractivity contribution in [2.75, 3.05) is 0 Å². The minimum atomic E-state index is 1.05. The maximum Gasteiger partial charge on any atom is 0.0951 e. The SMILES string of the molecule is C=CCCCn1cnc(C)c1C. The van der Waals surface area contributed by atoms with Crippen molar-refractivity contribution in [3.63, 3.8) is 0 Å². The summed E-state index contributed by atoms with van der Waals surface area (Å²) in [5.41, 5.74) is 2.41. The first-order valence-electron chi connectivity index (χ1n) is 4.35. The fourth-order valence-electron chi connectivity index (χ4n) is 1.18.